The first-order valence-corrected chi connectivity index (χ1v) is 6.62. The molecular weight excluding hydrogens is 256 g/mol. The third-order valence-corrected chi connectivity index (χ3v) is 3.06. The van der Waals surface area contributed by atoms with Gasteiger partial charge in [0.2, 0.25) is 0 Å². The molecule has 0 aliphatic heterocycles. The summed E-state index contributed by atoms with van der Waals surface area (Å²) in [5, 5.41) is 0. The van der Waals surface area contributed by atoms with Gasteiger partial charge in [-0.15, -0.1) is 0 Å². The Morgan fingerprint density at radius 3 is 2.70 bits per heavy atom. The van der Waals surface area contributed by atoms with Crippen molar-refractivity contribution in [2.45, 2.75) is 25.9 Å². The molecule has 2 rings (SSSR count). The standard InChI is InChI=1S/C14H18N4O2/c15-7-3-9-18-13(19)6-11-17(14(18)20)10-5-12-4-1-2-8-16-12/h1-2,4,6,8,11H,3,5,7,9-10,15H2. The lowest BCUT2D eigenvalue weighted by Gasteiger charge is -2.09. The average Bonchev–Trinajstić information content (AvgIpc) is 2.47. The fourth-order valence-corrected chi connectivity index (χ4v) is 1.96. The van der Waals surface area contributed by atoms with E-state index in [1.54, 1.807) is 6.20 Å². The topological polar surface area (TPSA) is 82.9 Å². The number of hydrogen-bond donors (Lipinski definition) is 1. The zero-order chi connectivity index (χ0) is 14.4. The minimum Gasteiger partial charge on any atom is -0.330 e. The molecule has 2 aromatic rings. The van der Waals surface area contributed by atoms with E-state index in [1.165, 1.54) is 21.4 Å². The highest BCUT2D eigenvalue weighted by Crippen LogP contribution is 1.96. The second-order valence-corrected chi connectivity index (χ2v) is 4.49. The molecule has 0 bridgehead atoms. The predicted molar refractivity (Wildman–Crippen MR) is 76.6 cm³/mol. The van der Waals surface area contributed by atoms with Gasteiger partial charge in [-0.1, -0.05) is 6.07 Å². The summed E-state index contributed by atoms with van der Waals surface area (Å²) in [5.74, 6) is 0. The molecule has 0 amide bonds. The molecule has 0 spiro atoms. The number of nitrogens with zero attached hydrogens (tertiary/aromatic N) is 3. The predicted octanol–water partition coefficient (Wildman–Crippen LogP) is -0.00350. The van der Waals surface area contributed by atoms with Gasteiger partial charge in [0, 0.05) is 43.7 Å². The van der Waals surface area contributed by atoms with Crippen molar-refractivity contribution in [1.29, 1.82) is 0 Å². The second kappa shape index (κ2) is 6.81. The Kier molecular flexibility index (Phi) is 4.84. The molecule has 2 heterocycles. The van der Waals surface area contributed by atoms with E-state index in [0.29, 0.717) is 32.5 Å². The normalized spacial score (nSPS) is 10.7. The maximum Gasteiger partial charge on any atom is 0.330 e. The van der Waals surface area contributed by atoms with Crippen LogP contribution in [-0.4, -0.2) is 20.7 Å². The fourth-order valence-electron chi connectivity index (χ4n) is 1.96. The van der Waals surface area contributed by atoms with Crippen molar-refractivity contribution in [3.8, 4) is 0 Å². The summed E-state index contributed by atoms with van der Waals surface area (Å²) >= 11 is 0. The van der Waals surface area contributed by atoms with Gasteiger partial charge < -0.3 is 10.3 Å². The summed E-state index contributed by atoms with van der Waals surface area (Å²) in [6.45, 7) is 1.31. The molecular formula is C14H18N4O2. The molecule has 2 aromatic heterocycles. The fraction of sp³-hybridized carbons (Fsp3) is 0.357. The molecule has 0 saturated heterocycles. The van der Waals surface area contributed by atoms with Crippen LogP contribution in [-0.2, 0) is 19.5 Å². The van der Waals surface area contributed by atoms with Crippen molar-refractivity contribution in [2.75, 3.05) is 6.54 Å². The highest BCUT2D eigenvalue weighted by Gasteiger charge is 2.05. The van der Waals surface area contributed by atoms with Gasteiger partial charge in [-0.2, -0.15) is 0 Å². The van der Waals surface area contributed by atoms with Crippen molar-refractivity contribution < 1.29 is 0 Å². The number of pyridine rings is 1. The zero-order valence-corrected chi connectivity index (χ0v) is 11.2. The molecule has 0 aliphatic carbocycles. The van der Waals surface area contributed by atoms with Crippen LogP contribution in [0.15, 0.2) is 46.2 Å². The van der Waals surface area contributed by atoms with Crippen molar-refractivity contribution in [2.24, 2.45) is 5.73 Å². The Labute approximate surface area is 116 Å². The van der Waals surface area contributed by atoms with Crippen LogP contribution in [0.4, 0.5) is 0 Å². The zero-order valence-electron chi connectivity index (χ0n) is 11.2. The highest BCUT2D eigenvalue weighted by atomic mass is 16.2. The summed E-state index contributed by atoms with van der Waals surface area (Å²) in [6.07, 6.45) is 4.52. The van der Waals surface area contributed by atoms with Gasteiger partial charge in [0.25, 0.3) is 5.56 Å². The number of rotatable bonds is 6. The molecule has 106 valence electrons. The molecule has 0 unspecified atom stereocenters. The summed E-state index contributed by atoms with van der Waals surface area (Å²) in [4.78, 5) is 28.1. The van der Waals surface area contributed by atoms with E-state index in [9.17, 15) is 9.59 Å². The van der Waals surface area contributed by atoms with Crippen LogP contribution in [0.3, 0.4) is 0 Å². The maximum absolute atomic E-state index is 12.2. The largest absolute Gasteiger partial charge is 0.330 e. The van der Waals surface area contributed by atoms with Gasteiger partial charge in [-0.3, -0.25) is 14.3 Å². The second-order valence-electron chi connectivity index (χ2n) is 4.49. The summed E-state index contributed by atoms with van der Waals surface area (Å²) < 4.78 is 2.76. The Hall–Kier alpha value is -2.21. The van der Waals surface area contributed by atoms with Gasteiger partial charge >= 0.3 is 5.69 Å². The van der Waals surface area contributed by atoms with Crippen molar-refractivity contribution in [3.63, 3.8) is 0 Å². The van der Waals surface area contributed by atoms with Gasteiger partial charge in [-0.25, -0.2) is 4.79 Å². The van der Waals surface area contributed by atoms with E-state index in [-0.39, 0.29) is 11.2 Å². The number of aryl methyl sites for hydroxylation is 2. The van der Waals surface area contributed by atoms with Crippen LogP contribution in [0.25, 0.3) is 0 Å². The van der Waals surface area contributed by atoms with Gasteiger partial charge in [0.1, 0.15) is 0 Å². The Balaban J connectivity index is 2.16. The molecule has 6 heteroatoms. The molecule has 20 heavy (non-hydrogen) atoms. The lowest BCUT2D eigenvalue weighted by atomic mass is 10.3. The smallest absolute Gasteiger partial charge is 0.330 e. The summed E-state index contributed by atoms with van der Waals surface area (Å²) in [6, 6.07) is 7.09. The molecule has 0 aromatic carbocycles. The summed E-state index contributed by atoms with van der Waals surface area (Å²) in [5.41, 5.74) is 5.76. The molecule has 0 fully saturated rings. The number of hydrogen-bond acceptors (Lipinski definition) is 4. The van der Waals surface area contributed by atoms with Crippen LogP contribution in [0, 0.1) is 0 Å². The third kappa shape index (κ3) is 3.42. The first kappa shape index (κ1) is 14.2. The van der Waals surface area contributed by atoms with Crippen LogP contribution in [0.2, 0.25) is 0 Å². The van der Waals surface area contributed by atoms with E-state index in [4.69, 9.17) is 5.73 Å². The van der Waals surface area contributed by atoms with Crippen molar-refractivity contribution >= 4 is 0 Å². The minimum absolute atomic E-state index is 0.280. The van der Waals surface area contributed by atoms with Crippen LogP contribution in [0.1, 0.15) is 12.1 Å². The third-order valence-electron chi connectivity index (χ3n) is 3.06. The van der Waals surface area contributed by atoms with Crippen molar-refractivity contribution in [3.05, 3.63) is 63.2 Å². The first-order chi connectivity index (χ1) is 9.72. The number of nitrogens with two attached hydrogens (primary N) is 1. The molecule has 6 nitrogen and oxygen atoms in total. The first-order valence-electron chi connectivity index (χ1n) is 6.62. The van der Waals surface area contributed by atoms with Crippen molar-refractivity contribution in [1.82, 2.24) is 14.1 Å². The number of aromatic nitrogens is 3. The molecule has 0 radical (unpaired) electrons. The Morgan fingerprint density at radius 2 is 2.00 bits per heavy atom. The van der Waals surface area contributed by atoms with E-state index in [2.05, 4.69) is 4.98 Å². The average molecular weight is 274 g/mol. The molecule has 0 aliphatic rings. The molecule has 0 atom stereocenters. The van der Waals surface area contributed by atoms with E-state index in [0.717, 1.165) is 5.69 Å². The Morgan fingerprint density at radius 1 is 1.15 bits per heavy atom. The highest BCUT2D eigenvalue weighted by molar-refractivity contribution is 5.03. The van der Waals surface area contributed by atoms with Gasteiger partial charge in [0.15, 0.2) is 0 Å². The minimum atomic E-state index is -0.290. The molecule has 2 N–H and O–H groups in total. The van der Waals surface area contributed by atoms with Crippen LogP contribution in [0.5, 0.6) is 0 Å². The van der Waals surface area contributed by atoms with Gasteiger partial charge in [-0.05, 0) is 25.1 Å². The van der Waals surface area contributed by atoms with E-state index < -0.39 is 0 Å². The lowest BCUT2D eigenvalue weighted by molar-refractivity contribution is 0.535. The Bertz CT molecular complexity index is 661. The van der Waals surface area contributed by atoms with E-state index >= 15 is 0 Å². The lowest BCUT2D eigenvalue weighted by Crippen LogP contribution is -2.39. The quantitative estimate of drug-likeness (QED) is 0.803. The van der Waals surface area contributed by atoms with Crippen LogP contribution < -0.4 is 17.0 Å². The molecule has 0 saturated carbocycles. The van der Waals surface area contributed by atoms with Gasteiger partial charge in [0.05, 0.1) is 0 Å². The van der Waals surface area contributed by atoms with Crippen LogP contribution >= 0.6 is 0 Å². The maximum atomic E-state index is 12.2. The van der Waals surface area contributed by atoms with E-state index in [1.807, 2.05) is 18.2 Å². The summed E-state index contributed by atoms with van der Waals surface area (Å²) in [7, 11) is 0. The SMILES string of the molecule is NCCCn1c(=O)ccn(CCc2ccccn2)c1=O. The monoisotopic (exact) mass is 274 g/mol.